The molecule has 2 atom stereocenters. The maximum atomic E-state index is 3.99. The van der Waals surface area contributed by atoms with Crippen LogP contribution in [0, 0.1) is 0 Å². The summed E-state index contributed by atoms with van der Waals surface area (Å²) < 4.78 is 0. The molecular weight excluding hydrogens is 146 g/mol. The maximum absolute atomic E-state index is 3.99. The average molecular weight is 155 g/mol. The van der Waals surface area contributed by atoms with Crippen LogP contribution in [0.15, 0.2) is 17.1 Å². The van der Waals surface area contributed by atoms with Gasteiger partial charge in [-0.1, -0.05) is 5.10 Å². The summed E-state index contributed by atoms with van der Waals surface area (Å²) in [7, 11) is 1.90. The van der Waals surface area contributed by atoms with Gasteiger partial charge in [0.1, 0.15) is 12.5 Å². The van der Waals surface area contributed by atoms with E-state index in [9.17, 15) is 0 Å². The van der Waals surface area contributed by atoms with Gasteiger partial charge < -0.3 is 26.9 Å². The molecule has 2 aliphatic rings. The lowest BCUT2D eigenvalue weighted by atomic mass is 10.7. The molecule has 0 saturated heterocycles. The number of rotatable bonds is 1. The third kappa shape index (κ3) is 1.05. The Morgan fingerprint density at radius 2 is 2.36 bits per heavy atom. The van der Waals surface area contributed by atoms with Crippen molar-refractivity contribution < 1.29 is 10.1 Å². The number of nitrogens with one attached hydrogen (secondary N) is 4. The van der Waals surface area contributed by atoms with Crippen molar-refractivity contribution in [3.05, 3.63) is 23.1 Å². The van der Waals surface area contributed by atoms with Gasteiger partial charge in [0.15, 0.2) is 0 Å². The normalized spacial score (nSPS) is 34.8. The van der Waals surface area contributed by atoms with E-state index in [-0.39, 0.29) is 0 Å². The Hall–Kier alpha value is -1.15. The average Bonchev–Trinajstić information content (AvgIpc) is 2.55. The summed E-state index contributed by atoms with van der Waals surface area (Å²) in [5, 5.41) is 5.58. The second-order valence-corrected chi connectivity index (χ2v) is 2.21. The van der Waals surface area contributed by atoms with Crippen LogP contribution in [-0.4, -0.2) is 13.4 Å². The minimum atomic E-state index is 0.677. The second-order valence-electron chi connectivity index (χ2n) is 2.21. The van der Waals surface area contributed by atoms with Crippen LogP contribution in [-0.2, 0) is 0 Å². The fourth-order valence-electron chi connectivity index (χ4n) is 0.923. The molecule has 2 aliphatic heterocycles. The molecule has 0 spiro atoms. The van der Waals surface area contributed by atoms with E-state index in [1.807, 2.05) is 7.05 Å². The molecule has 0 aromatic carbocycles. The molecule has 7 nitrogen and oxygen atoms in total. The molecule has 11 heavy (non-hydrogen) atoms. The topological polar surface area (TPSA) is 73.5 Å². The van der Waals surface area contributed by atoms with Crippen LogP contribution in [0.5, 0.6) is 0 Å². The first kappa shape index (κ1) is 6.55. The summed E-state index contributed by atoms with van der Waals surface area (Å²) in [6, 6.07) is 0. The predicted molar refractivity (Wildman–Crippen MR) is 37.4 cm³/mol. The van der Waals surface area contributed by atoms with Crippen molar-refractivity contribution in [1.29, 1.82) is 0 Å². The van der Waals surface area contributed by atoms with Crippen molar-refractivity contribution in [2.45, 2.75) is 0 Å². The molecule has 0 aromatic heterocycles. The van der Waals surface area contributed by atoms with Gasteiger partial charge in [0.2, 0.25) is 0 Å². The highest BCUT2D eigenvalue weighted by Gasteiger charge is 2.18. The van der Waals surface area contributed by atoms with Crippen molar-refractivity contribution in [2.24, 2.45) is 5.10 Å². The quantitative estimate of drug-likeness (QED) is 0.321. The molecule has 0 saturated carbocycles. The van der Waals surface area contributed by atoms with Crippen LogP contribution < -0.4 is 21.0 Å². The number of nitrogens with zero attached hydrogens (tertiary/aromatic N) is 3. The smallest absolute Gasteiger partial charge is 0.315 e. The van der Waals surface area contributed by atoms with E-state index < -0.39 is 0 Å². The Morgan fingerprint density at radius 1 is 1.45 bits per heavy atom. The highest BCUT2D eigenvalue weighted by Crippen LogP contribution is 1.82. The van der Waals surface area contributed by atoms with Crippen LogP contribution in [0.3, 0.4) is 0 Å². The standard InChI is InChI=1S/C4H9N7/c1-10-4(2-5-8-10)11-7-3-6-9-11/h2-3,5,10-11H,1H3,(H,6,7). The molecule has 0 fully saturated rings. The number of hydrogen-bond donors (Lipinski definition) is 4. The van der Waals surface area contributed by atoms with Crippen molar-refractivity contribution in [1.82, 2.24) is 10.9 Å². The molecule has 0 radical (unpaired) electrons. The Morgan fingerprint density at radius 3 is 2.91 bits per heavy atom. The van der Waals surface area contributed by atoms with Gasteiger partial charge in [-0.3, -0.25) is 0 Å². The molecule has 0 aromatic rings. The maximum Gasteiger partial charge on any atom is 0.315 e. The van der Waals surface area contributed by atoms with Gasteiger partial charge in [-0.25, -0.2) is 0 Å². The van der Waals surface area contributed by atoms with Crippen LogP contribution >= 0.6 is 0 Å². The third-order valence-electron chi connectivity index (χ3n) is 1.49. The van der Waals surface area contributed by atoms with Gasteiger partial charge in [0.05, 0.1) is 7.05 Å². The molecule has 7 heteroatoms. The van der Waals surface area contributed by atoms with Crippen LogP contribution in [0.4, 0.5) is 0 Å². The number of quaternary nitrogens is 2. The fraction of sp³-hybridized carbons (Fsp3) is 0.250. The molecule has 0 amide bonds. The molecular formula is C4H9N7. The van der Waals surface area contributed by atoms with Gasteiger partial charge in [-0.05, 0) is 0 Å². The molecule has 2 unspecified atom stereocenters. The molecule has 0 aliphatic carbocycles. The monoisotopic (exact) mass is 155 g/mol. The Bertz CT molecular complexity index is 208. The van der Waals surface area contributed by atoms with E-state index in [4.69, 9.17) is 0 Å². The highest BCUT2D eigenvalue weighted by molar-refractivity contribution is 5.55. The fourth-order valence-corrected chi connectivity index (χ4v) is 0.923. The van der Waals surface area contributed by atoms with Gasteiger partial charge >= 0.3 is 5.82 Å². The minimum absolute atomic E-state index is 0.677. The molecule has 2 heterocycles. The lowest BCUT2D eigenvalue weighted by molar-refractivity contribution is -0.982. The van der Waals surface area contributed by atoms with Crippen molar-refractivity contribution in [3.63, 3.8) is 0 Å². The van der Waals surface area contributed by atoms with Crippen molar-refractivity contribution in [2.75, 3.05) is 7.05 Å². The zero-order chi connectivity index (χ0) is 7.68. The summed E-state index contributed by atoms with van der Waals surface area (Å²) in [5.74, 6) is 0.936. The first-order valence-electron chi connectivity index (χ1n) is 3.24. The van der Waals surface area contributed by atoms with E-state index in [0.717, 1.165) is 10.8 Å². The van der Waals surface area contributed by atoms with E-state index in [1.165, 1.54) is 0 Å². The van der Waals surface area contributed by atoms with E-state index in [2.05, 4.69) is 27.0 Å². The molecule has 0 bridgehead atoms. The molecule has 2 rings (SSSR count). The SMILES string of the molecule is C[NH+]1[N-]NC=C1[NH+]1N=CN[N-]1. The Kier molecular flexibility index (Phi) is 1.47. The van der Waals surface area contributed by atoms with E-state index in [1.54, 1.807) is 12.5 Å². The van der Waals surface area contributed by atoms with Crippen LogP contribution in [0.25, 0.3) is 11.1 Å². The minimum Gasteiger partial charge on any atom is -0.435 e. The molecule has 4 N–H and O–H groups in total. The van der Waals surface area contributed by atoms with Crippen LogP contribution in [0.1, 0.15) is 0 Å². The lowest BCUT2D eigenvalue weighted by Crippen LogP contribution is -3.20. The second kappa shape index (κ2) is 2.47. The number of hydrogen-bond acceptors (Lipinski definition) is 3. The lowest BCUT2D eigenvalue weighted by Gasteiger charge is -2.23. The third-order valence-corrected chi connectivity index (χ3v) is 1.49. The van der Waals surface area contributed by atoms with Gasteiger partial charge in [0, 0.05) is 0 Å². The van der Waals surface area contributed by atoms with E-state index >= 15 is 0 Å². The predicted octanol–water partition coefficient (Wildman–Crippen LogP) is -3.26. The summed E-state index contributed by atoms with van der Waals surface area (Å²) >= 11 is 0. The Balaban J connectivity index is 2.08. The Labute approximate surface area is 63.6 Å². The van der Waals surface area contributed by atoms with E-state index in [0.29, 0.717) is 5.12 Å². The zero-order valence-electron chi connectivity index (χ0n) is 6.00. The summed E-state index contributed by atoms with van der Waals surface area (Å²) in [4.78, 5) is 0. The zero-order valence-corrected chi connectivity index (χ0v) is 6.00. The van der Waals surface area contributed by atoms with Gasteiger partial charge in [-0.15, -0.1) is 0 Å². The largest absolute Gasteiger partial charge is 0.435 e. The summed E-state index contributed by atoms with van der Waals surface area (Å²) in [5.41, 5.74) is 13.3. The van der Waals surface area contributed by atoms with Gasteiger partial charge in [0.25, 0.3) is 0 Å². The first-order valence-corrected chi connectivity index (χ1v) is 3.24. The summed E-state index contributed by atoms with van der Waals surface area (Å²) in [6.07, 6.45) is 3.32. The van der Waals surface area contributed by atoms with Crippen molar-refractivity contribution in [3.8, 4) is 0 Å². The van der Waals surface area contributed by atoms with Gasteiger partial charge in [-0.2, -0.15) is 5.12 Å². The summed E-state index contributed by atoms with van der Waals surface area (Å²) in [6.45, 7) is 0. The van der Waals surface area contributed by atoms with Crippen molar-refractivity contribution >= 4 is 6.34 Å². The highest BCUT2D eigenvalue weighted by atomic mass is 15.9. The molecule has 60 valence electrons. The first-order chi connectivity index (χ1) is 5.38. The van der Waals surface area contributed by atoms with Crippen LogP contribution in [0.2, 0.25) is 0 Å².